The number of aldehydes is 1. The van der Waals surface area contributed by atoms with Gasteiger partial charge >= 0.3 is 0 Å². The molecule has 0 aromatic heterocycles. The third-order valence-corrected chi connectivity index (χ3v) is 3.36. The van der Waals surface area contributed by atoms with Gasteiger partial charge in [-0.1, -0.05) is 15.9 Å². The number of carbonyl (C=O) groups excluding carboxylic acids is 1. The first-order valence-corrected chi connectivity index (χ1v) is 7.75. The van der Waals surface area contributed by atoms with E-state index in [4.69, 9.17) is 14.2 Å². The summed E-state index contributed by atoms with van der Waals surface area (Å²) >= 11 is 3.37. The highest BCUT2D eigenvalue weighted by Crippen LogP contribution is 2.28. The molecule has 2 rings (SSSR count). The van der Waals surface area contributed by atoms with Crippen LogP contribution >= 0.6 is 15.9 Å². The molecule has 22 heavy (non-hydrogen) atoms. The van der Waals surface area contributed by atoms with Gasteiger partial charge in [-0.15, -0.1) is 0 Å². The summed E-state index contributed by atoms with van der Waals surface area (Å²) in [5.41, 5.74) is 0.557. The van der Waals surface area contributed by atoms with Gasteiger partial charge < -0.3 is 14.2 Å². The average Bonchev–Trinajstić information content (AvgIpc) is 2.54. The van der Waals surface area contributed by atoms with E-state index in [2.05, 4.69) is 15.9 Å². The van der Waals surface area contributed by atoms with Crippen molar-refractivity contribution in [2.45, 2.75) is 6.92 Å². The van der Waals surface area contributed by atoms with Crippen molar-refractivity contribution < 1.29 is 19.0 Å². The van der Waals surface area contributed by atoms with Crippen molar-refractivity contribution in [1.82, 2.24) is 0 Å². The van der Waals surface area contributed by atoms with E-state index in [0.29, 0.717) is 36.9 Å². The predicted octanol–water partition coefficient (Wildman–Crippen LogP) is 4.12. The van der Waals surface area contributed by atoms with Gasteiger partial charge in [0.2, 0.25) is 0 Å². The normalized spacial score (nSPS) is 10.1. The van der Waals surface area contributed by atoms with E-state index in [0.717, 1.165) is 16.5 Å². The number of carbonyl (C=O) groups is 1. The summed E-state index contributed by atoms with van der Waals surface area (Å²) in [5, 5.41) is 0. The average molecular weight is 365 g/mol. The lowest BCUT2D eigenvalue weighted by molar-refractivity contribution is 0.112. The molecule has 0 aliphatic rings. The maximum absolute atomic E-state index is 10.8. The molecule has 0 saturated carbocycles. The second kappa shape index (κ2) is 8.44. The van der Waals surface area contributed by atoms with Crippen LogP contribution in [0.5, 0.6) is 17.2 Å². The Morgan fingerprint density at radius 3 is 2.36 bits per heavy atom. The molecular weight excluding hydrogens is 348 g/mol. The Morgan fingerprint density at radius 1 is 0.955 bits per heavy atom. The predicted molar refractivity (Wildman–Crippen MR) is 88.1 cm³/mol. The Kier molecular flexibility index (Phi) is 6.27. The molecule has 0 aliphatic carbocycles. The van der Waals surface area contributed by atoms with Crippen LogP contribution in [0.15, 0.2) is 46.9 Å². The van der Waals surface area contributed by atoms with Gasteiger partial charge in [0, 0.05) is 10.0 Å². The van der Waals surface area contributed by atoms with E-state index in [1.54, 1.807) is 18.2 Å². The molecule has 0 heterocycles. The lowest BCUT2D eigenvalue weighted by atomic mass is 10.2. The molecule has 116 valence electrons. The first kappa shape index (κ1) is 16.4. The van der Waals surface area contributed by atoms with E-state index in [1.807, 2.05) is 31.2 Å². The van der Waals surface area contributed by atoms with Crippen molar-refractivity contribution in [2.24, 2.45) is 0 Å². The number of hydrogen-bond acceptors (Lipinski definition) is 4. The molecule has 4 nitrogen and oxygen atoms in total. The minimum atomic E-state index is 0.385. The molecule has 0 N–H and O–H groups in total. The second-order valence-corrected chi connectivity index (χ2v) is 5.32. The SMILES string of the molecule is CCOc1cc(C=O)ccc1OCCOc1ccc(Br)cc1. The standard InChI is InChI=1S/C17H17BrO4/c1-2-20-17-11-13(12-19)3-8-16(17)22-10-9-21-15-6-4-14(18)5-7-15/h3-8,11-12H,2,9-10H2,1H3. The number of rotatable bonds is 8. The minimum absolute atomic E-state index is 0.385. The van der Waals surface area contributed by atoms with Crippen molar-refractivity contribution in [3.8, 4) is 17.2 Å². The van der Waals surface area contributed by atoms with E-state index < -0.39 is 0 Å². The van der Waals surface area contributed by atoms with Crippen LogP contribution in [0.2, 0.25) is 0 Å². The monoisotopic (exact) mass is 364 g/mol. The van der Waals surface area contributed by atoms with Crippen molar-refractivity contribution in [1.29, 1.82) is 0 Å². The molecule has 5 heteroatoms. The van der Waals surface area contributed by atoms with E-state index in [9.17, 15) is 4.79 Å². The molecule has 0 aliphatic heterocycles. The van der Waals surface area contributed by atoms with Gasteiger partial charge in [0.05, 0.1) is 6.61 Å². The molecule has 2 aromatic carbocycles. The van der Waals surface area contributed by atoms with Crippen molar-refractivity contribution in [3.63, 3.8) is 0 Å². The molecular formula is C17H17BrO4. The molecule has 0 unspecified atom stereocenters. The van der Waals surface area contributed by atoms with Gasteiger partial charge in [-0.3, -0.25) is 4.79 Å². The third kappa shape index (κ3) is 4.77. The fourth-order valence-corrected chi connectivity index (χ4v) is 2.09. The van der Waals surface area contributed by atoms with Gasteiger partial charge in [0.15, 0.2) is 11.5 Å². The highest BCUT2D eigenvalue weighted by Gasteiger charge is 2.06. The summed E-state index contributed by atoms with van der Waals surface area (Å²) in [6.07, 6.45) is 0.781. The summed E-state index contributed by atoms with van der Waals surface area (Å²) < 4.78 is 17.7. The number of hydrogen-bond donors (Lipinski definition) is 0. The van der Waals surface area contributed by atoms with Crippen LogP contribution in [-0.4, -0.2) is 26.1 Å². The van der Waals surface area contributed by atoms with E-state index in [-0.39, 0.29) is 0 Å². The molecule has 0 fully saturated rings. The summed E-state index contributed by atoms with van der Waals surface area (Å²) in [6, 6.07) is 12.7. The van der Waals surface area contributed by atoms with Crippen molar-refractivity contribution in [3.05, 3.63) is 52.5 Å². The Hall–Kier alpha value is -2.01. The first-order chi connectivity index (χ1) is 10.7. The topological polar surface area (TPSA) is 44.8 Å². The van der Waals surface area contributed by atoms with Crippen LogP contribution in [0.1, 0.15) is 17.3 Å². The van der Waals surface area contributed by atoms with Gasteiger partial charge in [-0.05, 0) is 49.4 Å². The van der Waals surface area contributed by atoms with Gasteiger partial charge in [-0.2, -0.15) is 0 Å². The highest BCUT2D eigenvalue weighted by atomic mass is 79.9. The number of ether oxygens (including phenoxy) is 3. The molecule has 0 bridgehead atoms. The Bertz CT molecular complexity index is 611. The smallest absolute Gasteiger partial charge is 0.161 e. The largest absolute Gasteiger partial charge is 0.490 e. The van der Waals surface area contributed by atoms with Gasteiger partial charge in [-0.25, -0.2) is 0 Å². The third-order valence-electron chi connectivity index (χ3n) is 2.83. The van der Waals surface area contributed by atoms with Crippen molar-refractivity contribution >= 4 is 22.2 Å². The number of halogens is 1. The Labute approximate surface area is 138 Å². The van der Waals surface area contributed by atoms with Gasteiger partial charge in [0.1, 0.15) is 25.2 Å². The fraction of sp³-hybridized carbons (Fsp3) is 0.235. The quantitative estimate of drug-likeness (QED) is 0.522. The van der Waals surface area contributed by atoms with E-state index in [1.165, 1.54) is 0 Å². The van der Waals surface area contributed by atoms with Crippen LogP contribution in [0.25, 0.3) is 0 Å². The molecule has 0 amide bonds. The summed E-state index contributed by atoms with van der Waals surface area (Å²) in [5.74, 6) is 1.95. The van der Waals surface area contributed by atoms with Crippen LogP contribution in [0.4, 0.5) is 0 Å². The maximum Gasteiger partial charge on any atom is 0.161 e. The maximum atomic E-state index is 10.8. The number of benzene rings is 2. The molecule has 0 radical (unpaired) electrons. The Morgan fingerprint density at radius 2 is 1.68 bits per heavy atom. The molecule has 0 spiro atoms. The summed E-state index contributed by atoms with van der Waals surface area (Å²) in [6.45, 7) is 3.20. The van der Waals surface area contributed by atoms with Crippen molar-refractivity contribution in [2.75, 3.05) is 19.8 Å². The van der Waals surface area contributed by atoms with Crippen LogP contribution in [-0.2, 0) is 0 Å². The second-order valence-electron chi connectivity index (χ2n) is 4.41. The van der Waals surface area contributed by atoms with Crippen LogP contribution < -0.4 is 14.2 Å². The molecule has 0 saturated heterocycles. The van der Waals surface area contributed by atoms with Crippen LogP contribution in [0, 0.1) is 0 Å². The van der Waals surface area contributed by atoms with Gasteiger partial charge in [0.25, 0.3) is 0 Å². The zero-order chi connectivity index (χ0) is 15.8. The summed E-state index contributed by atoms with van der Waals surface area (Å²) in [7, 11) is 0. The molecule has 0 atom stereocenters. The lowest BCUT2D eigenvalue weighted by Crippen LogP contribution is -2.10. The summed E-state index contributed by atoms with van der Waals surface area (Å²) in [4.78, 5) is 10.8. The molecule has 2 aromatic rings. The zero-order valence-corrected chi connectivity index (χ0v) is 13.8. The van der Waals surface area contributed by atoms with E-state index >= 15 is 0 Å². The Balaban J connectivity index is 1.88. The zero-order valence-electron chi connectivity index (χ0n) is 12.3. The van der Waals surface area contributed by atoms with Crippen LogP contribution in [0.3, 0.4) is 0 Å². The lowest BCUT2D eigenvalue weighted by Gasteiger charge is -2.13. The highest BCUT2D eigenvalue weighted by molar-refractivity contribution is 9.10. The first-order valence-electron chi connectivity index (χ1n) is 6.96. The fourth-order valence-electron chi connectivity index (χ4n) is 1.83. The minimum Gasteiger partial charge on any atom is -0.490 e.